The Morgan fingerprint density at radius 1 is 0.809 bits per heavy atom. The highest BCUT2D eigenvalue weighted by molar-refractivity contribution is 5.90. The van der Waals surface area contributed by atoms with Gasteiger partial charge in [0.15, 0.2) is 0 Å². The summed E-state index contributed by atoms with van der Waals surface area (Å²) >= 11 is 0. The van der Waals surface area contributed by atoms with Crippen molar-refractivity contribution in [2.45, 2.75) is 135 Å². The van der Waals surface area contributed by atoms with Crippen LogP contribution in [0.3, 0.4) is 0 Å². The zero-order chi connectivity index (χ0) is 32.8. The van der Waals surface area contributed by atoms with E-state index in [1.165, 1.54) is 6.42 Å². The van der Waals surface area contributed by atoms with Gasteiger partial charge in [0.25, 0.3) is 0 Å². The normalized spacial score (nSPS) is 54.2. The van der Waals surface area contributed by atoms with Crippen molar-refractivity contribution in [2.24, 2.45) is 88.3 Å². The number of carbonyl (C=O) groups excluding carboxylic acids is 3. The number of cyclic esters (lactones) is 1. The Hall–Kier alpha value is -1.67. The van der Waals surface area contributed by atoms with Crippen molar-refractivity contribution in [3.8, 4) is 0 Å². The molecule has 11 rings (SSSR count). The van der Waals surface area contributed by atoms with Crippen LogP contribution in [0.4, 0.5) is 0 Å². The summed E-state index contributed by atoms with van der Waals surface area (Å²) in [5.74, 6) is -0.289. The summed E-state index contributed by atoms with van der Waals surface area (Å²) < 4.78 is 19.0. The van der Waals surface area contributed by atoms with Crippen LogP contribution in [0.2, 0.25) is 0 Å². The number of aliphatic hydroxyl groups is 2. The molecule has 10 saturated carbocycles. The lowest BCUT2D eigenvalue weighted by molar-refractivity contribution is -0.225. The minimum atomic E-state index is -1.39. The summed E-state index contributed by atoms with van der Waals surface area (Å²) in [6.07, 6.45) is 11.2. The van der Waals surface area contributed by atoms with Gasteiger partial charge in [-0.15, -0.1) is 0 Å². The van der Waals surface area contributed by atoms with Gasteiger partial charge >= 0.3 is 17.9 Å². The Bertz CT molecular complexity index is 1290. The van der Waals surface area contributed by atoms with Crippen LogP contribution < -0.4 is 0 Å². The first-order valence-corrected chi connectivity index (χ1v) is 19.3. The van der Waals surface area contributed by atoms with Crippen molar-refractivity contribution in [3.63, 3.8) is 0 Å². The zero-order valence-corrected chi connectivity index (χ0v) is 28.8. The molecule has 10 unspecified atom stereocenters. The number of esters is 3. The van der Waals surface area contributed by atoms with Gasteiger partial charge in [0.1, 0.15) is 11.2 Å². The molecule has 8 heteroatoms. The Kier molecular flexibility index (Phi) is 6.95. The van der Waals surface area contributed by atoms with Crippen molar-refractivity contribution in [3.05, 3.63) is 0 Å². The fourth-order valence-corrected chi connectivity index (χ4v) is 14.6. The van der Waals surface area contributed by atoms with E-state index in [1.54, 1.807) is 13.8 Å². The fraction of sp³-hybridized carbons (Fsp3) is 0.923. The van der Waals surface area contributed by atoms with Crippen LogP contribution in [0.25, 0.3) is 0 Å². The van der Waals surface area contributed by atoms with E-state index in [9.17, 15) is 24.6 Å². The van der Waals surface area contributed by atoms with Crippen LogP contribution in [-0.2, 0) is 28.6 Å². The molecule has 11 fully saturated rings. The first-order chi connectivity index (χ1) is 22.3. The van der Waals surface area contributed by atoms with Gasteiger partial charge in [0.2, 0.25) is 6.29 Å². The molecule has 0 radical (unpaired) electrons. The Morgan fingerprint density at radius 3 is 2.02 bits per heavy atom. The summed E-state index contributed by atoms with van der Waals surface area (Å²) in [4.78, 5) is 43.6. The molecule has 1 heterocycles. The maximum absolute atomic E-state index is 14.9. The molecule has 1 aliphatic heterocycles. The second-order valence-electron chi connectivity index (χ2n) is 19.3. The maximum atomic E-state index is 14.9. The molecule has 10 aliphatic carbocycles. The largest absolute Gasteiger partial charge is 0.459 e. The molecule has 10 atom stereocenters. The molecule has 0 amide bonds. The van der Waals surface area contributed by atoms with Gasteiger partial charge in [-0.1, -0.05) is 6.92 Å². The first-order valence-electron chi connectivity index (χ1n) is 19.3. The third-order valence-electron chi connectivity index (χ3n) is 16.6. The lowest BCUT2D eigenvalue weighted by atomic mass is 9.50. The smallest absolute Gasteiger partial charge is 0.312 e. The molecular weight excluding hydrogens is 596 g/mol. The molecule has 0 aromatic heterocycles. The van der Waals surface area contributed by atoms with Crippen LogP contribution in [0.5, 0.6) is 0 Å². The van der Waals surface area contributed by atoms with Crippen molar-refractivity contribution in [2.75, 3.05) is 0 Å². The second-order valence-corrected chi connectivity index (χ2v) is 19.3. The first kappa shape index (κ1) is 31.3. The van der Waals surface area contributed by atoms with Crippen LogP contribution in [0.1, 0.15) is 111 Å². The number of hydrogen-bond donors (Lipinski definition) is 2. The van der Waals surface area contributed by atoms with E-state index < -0.39 is 58.6 Å². The molecule has 0 aromatic carbocycles. The molecule has 0 spiro atoms. The van der Waals surface area contributed by atoms with Crippen LogP contribution in [0, 0.1) is 88.3 Å². The third-order valence-corrected chi connectivity index (χ3v) is 16.6. The van der Waals surface area contributed by atoms with E-state index in [-0.39, 0.29) is 23.9 Å². The predicted molar refractivity (Wildman–Crippen MR) is 170 cm³/mol. The van der Waals surface area contributed by atoms with E-state index in [1.807, 2.05) is 0 Å². The maximum Gasteiger partial charge on any atom is 0.312 e. The highest BCUT2D eigenvalue weighted by Gasteiger charge is 2.66. The van der Waals surface area contributed by atoms with Gasteiger partial charge in [0, 0.05) is 5.92 Å². The van der Waals surface area contributed by atoms with E-state index in [0.717, 1.165) is 76.0 Å². The van der Waals surface area contributed by atoms with E-state index in [4.69, 9.17) is 14.2 Å². The van der Waals surface area contributed by atoms with Crippen LogP contribution >= 0.6 is 0 Å². The lowest BCUT2D eigenvalue weighted by Gasteiger charge is -2.59. The summed E-state index contributed by atoms with van der Waals surface area (Å²) in [6.45, 7) is 7.88. The minimum absolute atomic E-state index is 0.0407. The number of fused-ring (bicyclic) bond motifs is 2. The van der Waals surface area contributed by atoms with Crippen molar-refractivity contribution in [1.82, 2.24) is 0 Å². The molecule has 47 heavy (non-hydrogen) atoms. The van der Waals surface area contributed by atoms with Gasteiger partial charge in [-0.2, -0.15) is 0 Å². The molecule has 8 nitrogen and oxygen atoms in total. The Morgan fingerprint density at radius 2 is 1.43 bits per heavy atom. The van der Waals surface area contributed by atoms with Crippen LogP contribution in [0.15, 0.2) is 0 Å². The average Bonchev–Trinajstić information content (AvgIpc) is 3.67. The molecule has 2 N–H and O–H groups in total. The number of rotatable bonds is 7. The molecule has 260 valence electrons. The minimum Gasteiger partial charge on any atom is -0.459 e. The fourth-order valence-electron chi connectivity index (χ4n) is 14.6. The van der Waals surface area contributed by atoms with Gasteiger partial charge in [-0.3, -0.25) is 14.4 Å². The van der Waals surface area contributed by atoms with Crippen molar-refractivity contribution < 1.29 is 38.8 Å². The van der Waals surface area contributed by atoms with E-state index >= 15 is 0 Å². The topological polar surface area (TPSA) is 119 Å². The average molecular weight is 653 g/mol. The van der Waals surface area contributed by atoms with Gasteiger partial charge in [-0.25, -0.2) is 0 Å². The Balaban J connectivity index is 1.06. The Labute approximate surface area is 279 Å². The summed E-state index contributed by atoms with van der Waals surface area (Å²) in [7, 11) is 0. The van der Waals surface area contributed by atoms with Gasteiger partial charge in [-0.05, 0) is 169 Å². The lowest BCUT2D eigenvalue weighted by Crippen LogP contribution is -2.61. The number of carbonyl (C=O) groups is 3. The molecule has 0 aromatic rings. The second kappa shape index (κ2) is 10.4. The summed E-state index contributed by atoms with van der Waals surface area (Å²) in [5.41, 5.74) is -2.65. The quantitative estimate of drug-likeness (QED) is 0.267. The predicted octanol–water partition coefficient (Wildman–Crippen LogP) is 5.66. The van der Waals surface area contributed by atoms with Gasteiger partial charge < -0.3 is 24.4 Å². The monoisotopic (exact) mass is 652 g/mol. The van der Waals surface area contributed by atoms with Crippen molar-refractivity contribution >= 4 is 17.9 Å². The standard InChI is InChI=1S/C39H56O8/c1-18-22-5-6-23(14-22)28(18)29-30(34(42)45-33(29)41)31(35(43)46-39-15-21-8-24(16-39)32(40)25(9-21)17-39)37(2,3)36(44)47-38(4)26-10-19-7-20(12-26)13-27(38)11-19/h18-33,40-41H,5-17H2,1-4H3. The number of aliphatic hydroxyl groups excluding tert-OH is 2. The van der Waals surface area contributed by atoms with Gasteiger partial charge in [0.05, 0.1) is 23.4 Å². The summed E-state index contributed by atoms with van der Waals surface area (Å²) in [6, 6.07) is 0. The SMILES string of the molecule is CC1C2CCC(C2)C1C1C(O)OC(=O)C1C(C(=O)OC12CC3CC(C1)C(O)C(C3)C2)C(C)(C)C(=O)OC1(C)C2CC3CC(C2)CC1C3. The number of ether oxygens (including phenoxy) is 3. The zero-order valence-electron chi connectivity index (χ0n) is 28.8. The summed E-state index contributed by atoms with van der Waals surface area (Å²) in [5, 5.41) is 22.3. The molecular formula is C39H56O8. The number of hydrogen-bond acceptors (Lipinski definition) is 8. The molecule has 1 saturated heterocycles. The van der Waals surface area contributed by atoms with Crippen molar-refractivity contribution in [1.29, 1.82) is 0 Å². The molecule has 11 aliphatic rings. The van der Waals surface area contributed by atoms with E-state index in [0.29, 0.717) is 48.3 Å². The molecule has 10 bridgehead atoms. The third kappa shape index (κ3) is 4.54. The highest BCUT2D eigenvalue weighted by Crippen LogP contribution is 2.63. The van der Waals surface area contributed by atoms with Crippen LogP contribution in [-0.4, -0.2) is 51.7 Å². The van der Waals surface area contributed by atoms with E-state index in [2.05, 4.69) is 13.8 Å². The highest BCUT2D eigenvalue weighted by atomic mass is 16.6.